The van der Waals surface area contributed by atoms with Gasteiger partial charge in [0.25, 0.3) is 0 Å². The summed E-state index contributed by atoms with van der Waals surface area (Å²) in [7, 11) is 0. The van der Waals surface area contributed by atoms with E-state index in [1.54, 1.807) is 26.0 Å². The fourth-order valence-corrected chi connectivity index (χ4v) is 2.53. The summed E-state index contributed by atoms with van der Waals surface area (Å²) in [4.78, 5) is 18.5. The van der Waals surface area contributed by atoms with Crippen LogP contribution in [0, 0.1) is 5.92 Å². The molecule has 0 aliphatic heterocycles. The van der Waals surface area contributed by atoms with Gasteiger partial charge < -0.3 is 10.4 Å². The summed E-state index contributed by atoms with van der Waals surface area (Å²) in [6.07, 6.45) is -4.18. The van der Waals surface area contributed by atoms with Crippen LogP contribution in [0.25, 0.3) is 10.9 Å². The molecule has 0 amide bonds. The summed E-state index contributed by atoms with van der Waals surface area (Å²) in [5, 5.41) is 12.3. The molecule has 2 aromatic rings. The van der Waals surface area contributed by atoms with Gasteiger partial charge in [-0.25, -0.2) is 14.8 Å². The molecule has 24 heavy (non-hydrogen) atoms. The fraction of sp³-hybridized carbons (Fsp3) is 0.400. The first-order chi connectivity index (χ1) is 11.1. The van der Waals surface area contributed by atoms with Gasteiger partial charge >= 0.3 is 12.1 Å². The summed E-state index contributed by atoms with van der Waals surface area (Å²) in [6, 6.07) is 3.46. The Morgan fingerprint density at radius 1 is 1.38 bits per heavy atom. The van der Waals surface area contributed by atoms with E-state index in [1.807, 2.05) is 0 Å². The molecule has 1 aromatic carbocycles. The number of carbonyl (C=O) groups is 1. The van der Waals surface area contributed by atoms with Gasteiger partial charge in [-0.2, -0.15) is 13.2 Å². The third kappa shape index (κ3) is 3.95. The number of nitrogens with one attached hydrogen (secondary N) is 1. The first kappa shape index (κ1) is 18.4. The van der Waals surface area contributed by atoms with Gasteiger partial charge in [0.15, 0.2) is 0 Å². The zero-order valence-electron chi connectivity index (χ0n) is 12.9. The monoisotopic (exact) mass is 405 g/mol. The van der Waals surface area contributed by atoms with Crippen LogP contribution in [0.2, 0.25) is 0 Å². The largest absolute Gasteiger partial charge is 0.480 e. The van der Waals surface area contributed by atoms with Crippen molar-refractivity contribution in [2.24, 2.45) is 5.92 Å². The van der Waals surface area contributed by atoms with E-state index in [2.05, 4.69) is 31.2 Å². The van der Waals surface area contributed by atoms with Crippen molar-refractivity contribution < 1.29 is 23.1 Å². The van der Waals surface area contributed by atoms with Crippen LogP contribution in [0.5, 0.6) is 0 Å². The van der Waals surface area contributed by atoms with Gasteiger partial charge in [0, 0.05) is 9.86 Å². The maximum absolute atomic E-state index is 13.0. The molecule has 1 heterocycles. The number of aromatic nitrogens is 2. The second-order valence-electron chi connectivity index (χ2n) is 5.40. The van der Waals surface area contributed by atoms with Crippen LogP contribution in [0.3, 0.4) is 0 Å². The van der Waals surface area contributed by atoms with Crippen molar-refractivity contribution in [3.05, 3.63) is 28.5 Å². The number of fused-ring (bicyclic) bond motifs is 1. The number of carboxylic acid groups (broad SMARTS) is 1. The van der Waals surface area contributed by atoms with Crippen molar-refractivity contribution in [3.63, 3.8) is 0 Å². The molecule has 9 heteroatoms. The normalized spacial score (nSPS) is 14.4. The summed E-state index contributed by atoms with van der Waals surface area (Å²) in [5.74, 6) is -2.91. The van der Waals surface area contributed by atoms with Crippen LogP contribution >= 0.6 is 15.9 Å². The Kier molecular flexibility index (Phi) is 5.32. The van der Waals surface area contributed by atoms with E-state index in [4.69, 9.17) is 0 Å². The molecule has 0 spiro atoms. The Labute approximate surface area is 144 Å². The lowest BCUT2D eigenvalue weighted by Gasteiger charge is -2.22. The lowest BCUT2D eigenvalue weighted by molar-refractivity contribution is -0.144. The summed E-state index contributed by atoms with van der Waals surface area (Å²) >= 11 is 3.24. The van der Waals surface area contributed by atoms with Crippen molar-refractivity contribution in [3.8, 4) is 0 Å². The van der Waals surface area contributed by atoms with E-state index >= 15 is 0 Å². The van der Waals surface area contributed by atoms with Crippen molar-refractivity contribution >= 4 is 38.6 Å². The van der Waals surface area contributed by atoms with Crippen LogP contribution in [-0.2, 0) is 11.0 Å². The van der Waals surface area contributed by atoms with Crippen LogP contribution < -0.4 is 5.32 Å². The lowest BCUT2D eigenvalue weighted by Crippen LogP contribution is -2.36. The Morgan fingerprint density at radius 3 is 2.58 bits per heavy atom. The van der Waals surface area contributed by atoms with Gasteiger partial charge in [-0.1, -0.05) is 36.2 Å². The third-order valence-electron chi connectivity index (χ3n) is 3.68. The summed E-state index contributed by atoms with van der Waals surface area (Å²) < 4.78 is 39.7. The van der Waals surface area contributed by atoms with Crippen molar-refractivity contribution in [1.82, 2.24) is 9.97 Å². The smallest absolute Gasteiger partial charge is 0.451 e. The van der Waals surface area contributed by atoms with Gasteiger partial charge in [-0.3, -0.25) is 0 Å². The van der Waals surface area contributed by atoms with E-state index in [0.29, 0.717) is 16.3 Å². The predicted molar refractivity (Wildman–Crippen MR) is 86.7 cm³/mol. The quantitative estimate of drug-likeness (QED) is 0.774. The van der Waals surface area contributed by atoms with E-state index in [1.165, 1.54) is 6.07 Å². The van der Waals surface area contributed by atoms with Gasteiger partial charge in [0.05, 0.1) is 5.52 Å². The number of benzene rings is 1. The second-order valence-corrected chi connectivity index (χ2v) is 6.32. The zero-order chi connectivity index (χ0) is 18.1. The predicted octanol–water partition coefficient (Wildman–Crippen LogP) is 4.32. The first-order valence-electron chi connectivity index (χ1n) is 7.17. The zero-order valence-corrected chi connectivity index (χ0v) is 14.4. The topological polar surface area (TPSA) is 75.1 Å². The number of aliphatic carboxylic acids is 1. The fourth-order valence-electron chi connectivity index (χ4n) is 2.17. The van der Waals surface area contributed by atoms with Crippen LogP contribution in [-0.4, -0.2) is 27.1 Å². The molecule has 2 unspecified atom stereocenters. The Hall–Kier alpha value is -1.90. The standard InChI is InChI=1S/C15H15BrF3N3O2/c1-3-7(2)11(13(23)24)21-12-9-6-8(16)4-5-10(9)20-14(22-12)15(17,18)19/h4-7,11H,3H2,1-2H3,(H,23,24)(H,20,21,22). The highest BCUT2D eigenvalue weighted by Crippen LogP contribution is 2.32. The molecule has 0 aliphatic carbocycles. The van der Waals surface area contributed by atoms with Crippen molar-refractivity contribution in [2.75, 3.05) is 5.32 Å². The van der Waals surface area contributed by atoms with Gasteiger partial charge in [-0.05, 0) is 24.1 Å². The van der Waals surface area contributed by atoms with E-state index < -0.39 is 24.0 Å². The molecule has 0 aliphatic rings. The van der Waals surface area contributed by atoms with Gasteiger partial charge in [0.2, 0.25) is 5.82 Å². The molecule has 0 radical (unpaired) electrons. The molecule has 2 rings (SSSR count). The Morgan fingerprint density at radius 2 is 2.04 bits per heavy atom. The average Bonchev–Trinajstić information content (AvgIpc) is 2.50. The molecule has 1 aromatic heterocycles. The molecule has 5 nitrogen and oxygen atoms in total. The number of nitrogens with zero attached hydrogens (tertiary/aromatic N) is 2. The highest BCUT2D eigenvalue weighted by molar-refractivity contribution is 9.10. The van der Waals surface area contributed by atoms with Crippen LogP contribution in [0.4, 0.5) is 19.0 Å². The molecule has 0 saturated heterocycles. The van der Waals surface area contributed by atoms with Crippen molar-refractivity contribution in [1.29, 1.82) is 0 Å². The molecular weight excluding hydrogens is 391 g/mol. The molecule has 0 fully saturated rings. The van der Waals surface area contributed by atoms with Crippen LogP contribution in [0.15, 0.2) is 22.7 Å². The number of alkyl halides is 3. The Bertz CT molecular complexity index is 767. The number of carboxylic acids is 1. The van der Waals surface area contributed by atoms with Crippen molar-refractivity contribution in [2.45, 2.75) is 32.5 Å². The maximum atomic E-state index is 13.0. The number of hydrogen-bond acceptors (Lipinski definition) is 4. The van der Waals surface area contributed by atoms with E-state index in [0.717, 1.165) is 0 Å². The highest BCUT2D eigenvalue weighted by Gasteiger charge is 2.36. The molecule has 2 N–H and O–H groups in total. The number of anilines is 1. The minimum absolute atomic E-state index is 0.0799. The summed E-state index contributed by atoms with van der Waals surface area (Å²) in [6.45, 7) is 3.51. The molecule has 2 atom stereocenters. The highest BCUT2D eigenvalue weighted by atomic mass is 79.9. The minimum atomic E-state index is -4.73. The SMILES string of the molecule is CCC(C)C(Nc1nc(C(F)(F)F)nc2ccc(Br)cc12)C(=O)O. The van der Waals surface area contributed by atoms with E-state index in [-0.39, 0.29) is 17.3 Å². The molecule has 130 valence electrons. The average molecular weight is 406 g/mol. The molecule has 0 bridgehead atoms. The maximum Gasteiger partial charge on any atom is 0.451 e. The number of halogens is 4. The lowest BCUT2D eigenvalue weighted by atomic mass is 9.99. The minimum Gasteiger partial charge on any atom is -0.480 e. The second kappa shape index (κ2) is 6.92. The van der Waals surface area contributed by atoms with Gasteiger partial charge in [0.1, 0.15) is 11.9 Å². The van der Waals surface area contributed by atoms with Crippen LogP contribution in [0.1, 0.15) is 26.1 Å². The Balaban J connectivity index is 2.61. The first-order valence-corrected chi connectivity index (χ1v) is 7.96. The molecule has 0 saturated carbocycles. The molecular formula is C15H15BrF3N3O2. The number of hydrogen-bond donors (Lipinski definition) is 2. The van der Waals surface area contributed by atoms with Gasteiger partial charge in [-0.15, -0.1) is 0 Å². The third-order valence-corrected chi connectivity index (χ3v) is 4.18. The summed E-state index contributed by atoms with van der Waals surface area (Å²) in [5.41, 5.74) is 0.0799. The van der Waals surface area contributed by atoms with E-state index in [9.17, 15) is 23.1 Å². The number of rotatable bonds is 5.